The van der Waals surface area contributed by atoms with Crippen molar-refractivity contribution in [3.05, 3.63) is 71.8 Å². The highest BCUT2D eigenvalue weighted by Crippen LogP contribution is 1.99. The first kappa shape index (κ1) is 13.8. The van der Waals surface area contributed by atoms with Gasteiger partial charge in [0.15, 0.2) is 5.96 Å². The van der Waals surface area contributed by atoms with Crippen LogP contribution >= 0.6 is 0 Å². The van der Waals surface area contributed by atoms with Gasteiger partial charge in [-0.1, -0.05) is 48.5 Å². The van der Waals surface area contributed by atoms with E-state index in [1.165, 1.54) is 0 Å². The molecule has 0 aliphatic heterocycles. The number of aliphatic imine (C=N–C) groups is 1. The van der Waals surface area contributed by atoms with Gasteiger partial charge in [-0.2, -0.15) is 0 Å². The van der Waals surface area contributed by atoms with Gasteiger partial charge in [0, 0.05) is 19.2 Å². The monoisotopic (exact) mass is 267 g/mol. The molecule has 0 radical (unpaired) electrons. The molecule has 0 aromatic heterocycles. The first-order chi connectivity index (χ1) is 9.79. The molecule has 0 aliphatic rings. The standard InChI is InChI=1S/C16H17N3O/c1-17-16(18-12-13-8-4-2-5-9-13)19-15(20)14-10-6-3-7-11-14/h2-11H,12H2,1H3,(H2,17,18,19,20). The summed E-state index contributed by atoms with van der Waals surface area (Å²) in [6.45, 7) is 0.614. The second-order valence-corrected chi connectivity index (χ2v) is 4.23. The van der Waals surface area contributed by atoms with Crippen molar-refractivity contribution in [3.63, 3.8) is 0 Å². The fourth-order valence-corrected chi connectivity index (χ4v) is 1.73. The molecular weight excluding hydrogens is 250 g/mol. The lowest BCUT2D eigenvalue weighted by Crippen LogP contribution is -2.40. The van der Waals surface area contributed by atoms with Crippen molar-refractivity contribution in [3.8, 4) is 0 Å². The van der Waals surface area contributed by atoms with E-state index in [0.717, 1.165) is 5.56 Å². The van der Waals surface area contributed by atoms with Gasteiger partial charge in [-0.3, -0.25) is 15.1 Å². The molecule has 20 heavy (non-hydrogen) atoms. The number of guanidine groups is 1. The number of nitrogens with zero attached hydrogens (tertiary/aromatic N) is 1. The Morgan fingerprint density at radius 1 is 1.00 bits per heavy atom. The molecular formula is C16H17N3O. The number of benzene rings is 2. The largest absolute Gasteiger partial charge is 0.352 e. The summed E-state index contributed by atoms with van der Waals surface area (Å²) >= 11 is 0. The molecule has 2 aromatic rings. The Kier molecular flexibility index (Phi) is 4.89. The molecule has 0 atom stereocenters. The van der Waals surface area contributed by atoms with Crippen LogP contribution in [0.2, 0.25) is 0 Å². The minimum atomic E-state index is -0.174. The number of hydrogen-bond donors (Lipinski definition) is 2. The van der Waals surface area contributed by atoms with Crippen LogP contribution in [0.15, 0.2) is 65.7 Å². The number of nitrogens with one attached hydrogen (secondary N) is 2. The zero-order chi connectivity index (χ0) is 14.2. The SMILES string of the molecule is CN=C(NCc1ccccc1)NC(=O)c1ccccc1. The molecule has 4 heteroatoms. The molecule has 2 N–H and O–H groups in total. The van der Waals surface area contributed by atoms with Crippen LogP contribution in [0, 0.1) is 0 Å². The summed E-state index contributed by atoms with van der Waals surface area (Å²) < 4.78 is 0. The Bertz CT molecular complexity index is 579. The zero-order valence-electron chi connectivity index (χ0n) is 11.3. The smallest absolute Gasteiger partial charge is 0.257 e. The van der Waals surface area contributed by atoms with E-state index < -0.39 is 0 Å². The molecule has 4 nitrogen and oxygen atoms in total. The number of carbonyl (C=O) groups excluding carboxylic acids is 1. The van der Waals surface area contributed by atoms with E-state index in [1.54, 1.807) is 19.2 Å². The molecule has 0 unspecified atom stereocenters. The predicted octanol–water partition coefficient (Wildman–Crippen LogP) is 2.19. The fraction of sp³-hybridized carbons (Fsp3) is 0.125. The number of rotatable bonds is 3. The van der Waals surface area contributed by atoms with Gasteiger partial charge >= 0.3 is 0 Å². The summed E-state index contributed by atoms with van der Waals surface area (Å²) in [5, 5.41) is 5.86. The predicted molar refractivity (Wildman–Crippen MR) is 80.5 cm³/mol. The number of hydrogen-bond acceptors (Lipinski definition) is 2. The van der Waals surface area contributed by atoms with Crippen LogP contribution in [-0.4, -0.2) is 18.9 Å². The van der Waals surface area contributed by atoms with Crippen LogP contribution in [-0.2, 0) is 6.54 Å². The van der Waals surface area contributed by atoms with Crippen LogP contribution in [0.4, 0.5) is 0 Å². The molecule has 0 saturated carbocycles. The highest BCUT2D eigenvalue weighted by atomic mass is 16.1. The van der Waals surface area contributed by atoms with Gasteiger partial charge in [0.2, 0.25) is 0 Å². The van der Waals surface area contributed by atoms with Crippen molar-refractivity contribution in [2.24, 2.45) is 4.99 Å². The Hall–Kier alpha value is -2.62. The first-order valence-electron chi connectivity index (χ1n) is 6.40. The maximum absolute atomic E-state index is 12.0. The van der Waals surface area contributed by atoms with Crippen LogP contribution in [0.25, 0.3) is 0 Å². The van der Waals surface area contributed by atoms with Gasteiger partial charge < -0.3 is 5.32 Å². The van der Waals surface area contributed by atoms with Crippen molar-refractivity contribution in [2.45, 2.75) is 6.54 Å². The van der Waals surface area contributed by atoms with Gasteiger partial charge in [-0.15, -0.1) is 0 Å². The van der Waals surface area contributed by atoms with E-state index in [9.17, 15) is 4.79 Å². The average Bonchev–Trinajstić information content (AvgIpc) is 2.53. The lowest BCUT2D eigenvalue weighted by Gasteiger charge is -2.10. The molecule has 0 aliphatic carbocycles. The van der Waals surface area contributed by atoms with Gasteiger partial charge in [0.25, 0.3) is 5.91 Å². The lowest BCUT2D eigenvalue weighted by molar-refractivity contribution is 0.0975. The van der Waals surface area contributed by atoms with Crippen molar-refractivity contribution in [1.82, 2.24) is 10.6 Å². The van der Waals surface area contributed by atoms with Gasteiger partial charge in [-0.05, 0) is 17.7 Å². The molecule has 2 rings (SSSR count). The van der Waals surface area contributed by atoms with Crippen LogP contribution in [0.3, 0.4) is 0 Å². The number of amides is 1. The highest BCUT2D eigenvalue weighted by molar-refractivity contribution is 6.05. The zero-order valence-corrected chi connectivity index (χ0v) is 11.3. The van der Waals surface area contributed by atoms with E-state index >= 15 is 0 Å². The quantitative estimate of drug-likeness (QED) is 0.661. The first-order valence-corrected chi connectivity index (χ1v) is 6.40. The average molecular weight is 267 g/mol. The molecule has 1 amide bonds. The molecule has 0 saturated heterocycles. The molecule has 0 spiro atoms. The fourth-order valence-electron chi connectivity index (χ4n) is 1.73. The minimum Gasteiger partial charge on any atom is -0.352 e. The Balaban J connectivity index is 1.92. The van der Waals surface area contributed by atoms with E-state index in [0.29, 0.717) is 18.1 Å². The summed E-state index contributed by atoms with van der Waals surface area (Å²) in [7, 11) is 1.64. The van der Waals surface area contributed by atoms with E-state index in [1.807, 2.05) is 48.5 Å². The van der Waals surface area contributed by atoms with Crippen molar-refractivity contribution in [2.75, 3.05) is 7.05 Å². The molecule has 2 aromatic carbocycles. The molecule has 102 valence electrons. The molecule has 0 bridgehead atoms. The van der Waals surface area contributed by atoms with Crippen LogP contribution in [0.1, 0.15) is 15.9 Å². The molecule has 0 fully saturated rings. The van der Waals surface area contributed by atoms with E-state index in [-0.39, 0.29) is 5.91 Å². The Morgan fingerprint density at radius 3 is 2.20 bits per heavy atom. The third-order valence-corrected chi connectivity index (χ3v) is 2.79. The summed E-state index contributed by atoms with van der Waals surface area (Å²) in [5.41, 5.74) is 1.73. The summed E-state index contributed by atoms with van der Waals surface area (Å²) in [6.07, 6.45) is 0. The van der Waals surface area contributed by atoms with Gasteiger partial charge in [0.05, 0.1) is 0 Å². The van der Waals surface area contributed by atoms with E-state index in [4.69, 9.17) is 0 Å². The Labute approximate surface area is 118 Å². The highest BCUT2D eigenvalue weighted by Gasteiger charge is 2.07. The third-order valence-electron chi connectivity index (χ3n) is 2.79. The maximum atomic E-state index is 12.0. The summed E-state index contributed by atoms with van der Waals surface area (Å²) in [6, 6.07) is 19.0. The van der Waals surface area contributed by atoms with Crippen LogP contribution in [0.5, 0.6) is 0 Å². The maximum Gasteiger partial charge on any atom is 0.257 e. The Morgan fingerprint density at radius 2 is 1.60 bits per heavy atom. The number of carbonyl (C=O) groups is 1. The van der Waals surface area contributed by atoms with Crippen molar-refractivity contribution in [1.29, 1.82) is 0 Å². The second kappa shape index (κ2) is 7.09. The second-order valence-electron chi connectivity index (χ2n) is 4.23. The van der Waals surface area contributed by atoms with Gasteiger partial charge in [0.1, 0.15) is 0 Å². The summed E-state index contributed by atoms with van der Waals surface area (Å²) in [5.74, 6) is 0.287. The lowest BCUT2D eigenvalue weighted by atomic mass is 10.2. The minimum absolute atomic E-state index is 0.174. The normalized spacial score (nSPS) is 10.9. The molecule has 0 heterocycles. The van der Waals surface area contributed by atoms with Gasteiger partial charge in [-0.25, -0.2) is 0 Å². The summed E-state index contributed by atoms with van der Waals surface area (Å²) in [4.78, 5) is 16.0. The van der Waals surface area contributed by atoms with Crippen LogP contribution < -0.4 is 10.6 Å². The third kappa shape index (κ3) is 3.95. The van der Waals surface area contributed by atoms with E-state index in [2.05, 4.69) is 15.6 Å². The van der Waals surface area contributed by atoms with Crippen molar-refractivity contribution >= 4 is 11.9 Å². The van der Waals surface area contributed by atoms with Crippen molar-refractivity contribution < 1.29 is 4.79 Å². The topological polar surface area (TPSA) is 53.5 Å².